The predicted molar refractivity (Wildman–Crippen MR) is 86.3 cm³/mol. The van der Waals surface area contributed by atoms with Crippen LogP contribution in [0.3, 0.4) is 0 Å². The molecule has 1 aromatic heterocycles. The van der Waals surface area contributed by atoms with E-state index < -0.39 is 7.26 Å². The minimum Gasteiger partial charge on any atom is -0.223 e. The molecule has 0 spiro atoms. The molecular formula is C15H31N3P+. The van der Waals surface area contributed by atoms with Crippen LogP contribution in [0.25, 0.3) is 0 Å². The molecule has 0 fully saturated rings. The van der Waals surface area contributed by atoms with Crippen molar-refractivity contribution in [2.45, 2.75) is 65.6 Å². The van der Waals surface area contributed by atoms with Gasteiger partial charge in [0.1, 0.15) is 12.7 Å². The third-order valence-corrected chi connectivity index (χ3v) is 8.55. The fraction of sp³-hybridized carbons (Fsp3) is 0.867. The number of hydrogen-bond donors (Lipinski definition) is 0. The number of rotatable bonds is 11. The average molecular weight is 284 g/mol. The summed E-state index contributed by atoms with van der Waals surface area (Å²) in [6.45, 7) is 6.93. The van der Waals surface area contributed by atoms with E-state index in [1.807, 2.05) is 6.33 Å². The molecule has 0 atom stereocenters. The molecule has 0 aliphatic heterocycles. The summed E-state index contributed by atoms with van der Waals surface area (Å²) in [7, 11) is -0.874. The highest BCUT2D eigenvalue weighted by Gasteiger charge is 2.36. The van der Waals surface area contributed by atoms with Gasteiger partial charge >= 0.3 is 0 Å². The van der Waals surface area contributed by atoms with Crippen LogP contribution in [0.5, 0.6) is 0 Å². The monoisotopic (exact) mass is 284 g/mol. The lowest BCUT2D eigenvalue weighted by molar-refractivity contribution is 0.717. The van der Waals surface area contributed by atoms with Gasteiger partial charge in [-0.25, -0.2) is 9.67 Å². The second-order valence-corrected chi connectivity index (χ2v) is 9.96. The lowest BCUT2D eigenvalue weighted by Crippen LogP contribution is -2.15. The smallest absolute Gasteiger partial charge is 0.152 e. The van der Waals surface area contributed by atoms with Crippen molar-refractivity contribution < 1.29 is 0 Å². The van der Waals surface area contributed by atoms with Crippen LogP contribution in [0.15, 0.2) is 12.7 Å². The second kappa shape index (κ2) is 9.47. The molecule has 19 heavy (non-hydrogen) atoms. The Morgan fingerprint density at radius 2 is 1.42 bits per heavy atom. The van der Waals surface area contributed by atoms with Gasteiger partial charge in [-0.1, -0.05) is 40.0 Å². The van der Waals surface area contributed by atoms with Crippen LogP contribution < -0.4 is 0 Å². The third kappa shape index (κ3) is 6.03. The van der Waals surface area contributed by atoms with Crippen molar-refractivity contribution in [1.29, 1.82) is 0 Å². The number of aromatic nitrogens is 3. The highest BCUT2D eigenvalue weighted by molar-refractivity contribution is 7.74. The molecule has 0 radical (unpaired) electrons. The van der Waals surface area contributed by atoms with Gasteiger partial charge in [0.2, 0.25) is 0 Å². The number of hydrogen-bond acceptors (Lipinski definition) is 2. The highest BCUT2D eigenvalue weighted by Crippen LogP contribution is 2.61. The topological polar surface area (TPSA) is 30.7 Å². The van der Waals surface area contributed by atoms with Crippen LogP contribution in [0.1, 0.15) is 59.3 Å². The summed E-state index contributed by atoms with van der Waals surface area (Å²) in [4.78, 5) is 4.12. The lowest BCUT2D eigenvalue weighted by atomic mass is 10.4. The van der Waals surface area contributed by atoms with E-state index in [9.17, 15) is 0 Å². The molecule has 0 amide bonds. The molecule has 1 heterocycles. The van der Waals surface area contributed by atoms with Crippen molar-refractivity contribution >= 4 is 7.26 Å². The van der Waals surface area contributed by atoms with Gasteiger partial charge in [-0.05, 0) is 19.3 Å². The van der Waals surface area contributed by atoms with Crippen LogP contribution in [-0.4, -0.2) is 33.3 Å². The summed E-state index contributed by atoms with van der Waals surface area (Å²) in [6, 6.07) is 0. The van der Waals surface area contributed by atoms with Crippen LogP contribution in [0.2, 0.25) is 0 Å². The van der Waals surface area contributed by atoms with Crippen LogP contribution >= 0.6 is 7.26 Å². The number of nitrogens with zero attached hydrogens (tertiary/aromatic N) is 3. The molecule has 0 bridgehead atoms. The van der Waals surface area contributed by atoms with Crippen LogP contribution in [-0.2, 0) is 6.29 Å². The van der Waals surface area contributed by atoms with E-state index in [2.05, 4.69) is 35.5 Å². The molecule has 0 aliphatic carbocycles. The molecule has 3 nitrogen and oxygen atoms in total. The van der Waals surface area contributed by atoms with E-state index in [0.717, 1.165) is 6.29 Å². The summed E-state index contributed by atoms with van der Waals surface area (Å²) < 4.78 is 2.09. The Balaban J connectivity index is 2.74. The van der Waals surface area contributed by atoms with Gasteiger partial charge in [0.05, 0.1) is 18.5 Å². The van der Waals surface area contributed by atoms with Gasteiger partial charge in [-0.3, -0.25) is 0 Å². The van der Waals surface area contributed by atoms with Crippen LogP contribution in [0.4, 0.5) is 0 Å². The third-order valence-electron chi connectivity index (χ3n) is 3.87. The van der Waals surface area contributed by atoms with E-state index in [1.165, 1.54) is 57.0 Å². The summed E-state index contributed by atoms with van der Waals surface area (Å²) in [5.74, 6) is 0. The Hall–Kier alpha value is -0.430. The first-order chi connectivity index (χ1) is 9.26. The van der Waals surface area contributed by atoms with Crippen molar-refractivity contribution in [1.82, 2.24) is 14.8 Å². The van der Waals surface area contributed by atoms with Gasteiger partial charge in [-0.15, -0.1) is 0 Å². The first-order valence-electron chi connectivity index (χ1n) is 7.94. The van der Waals surface area contributed by atoms with Gasteiger partial charge in [0.15, 0.2) is 6.29 Å². The van der Waals surface area contributed by atoms with E-state index in [4.69, 9.17) is 0 Å². The van der Waals surface area contributed by atoms with Crippen LogP contribution in [0, 0.1) is 0 Å². The molecule has 0 N–H and O–H groups in total. The quantitative estimate of drug-likeness (QED) is 0.554. The standard InChI is InChI=1S/C15H31N3P/c1-4-7-10-19(11-8-5-2,12-9-6-3)15-18-14-16-13-17-18/h13-14H,4-12,15H2,1-3H3/q+1. The molecule has 0 saturated carbocycles. The summed E-state index contributed by atoms with van der Waals surface area (Å²) in [5.41, 5.74) is 0. The fourth-order valence-electron chi connectivity index (χ4n) is 2.64. The minimum absolute atomic E-state index is 0.874. The Morgan fingerprint density at radius 3 is 1.79 bits per heavy atom. The van der Waals surface area contributed by atoms with Gasteiger partial charge in [-0.2, -0.15) is 5.10 Å². The normalized spacial score (nSPS) is 11.9. The molecule has 1 rings (SSSR count). The fourth-order valence-corrected chi connectivity index (χ4v) is 7.46. The van der Waals surface area contributed by atoms with Gasteiger partial charge < -0.3 is 0 Å². The lowest BCUT2D eigenvalue weighted by Gasteiger charge is -2.27. The molecule has 0 saturated heterocycles. The zero-order valence-electron chi connectivity index (χ0n) is 13.0. The zero-order chi connectivity index (χ0) is 14.0. The second-order valence-electron chi connectivity index (χ2n) is 5.65. The largest absolute Gasteiger partial charge is 0.223 e. The summed E-state index contributed by atoms with van der Waals surface area (Å²) >= 11 is 0. The van der Waals surface area contributed by atoms with Gasteiger partial charge in [0.25, 0.3) is 0 Å². The summed E-state index contributed by atoms with van der Waals surface area (Å²) in [5, 5.41) is 4.36. The minimum atomic E-state index is -0.874. The summed E-state index contributed by atoms with van der Waals surface area (Å²) in [6.07, 6.45) is 17.2. The molecule has 1 aromatic rings. The Kier molecular flexibility index (Phi) is 8.29. The molecule has 4 heteroatoms. The van der Waals surface area contributed by atoms with Gasteiger partial charge in [0, 0.05) is 7.26 Å². The maximum atomic E-state index is 4.36. The van der Waals surface area contributed by atoms with Crippen molar-refractivity contribution in [2.24, 2.45) is 0 Å². The van der Waals surface area contributed by atoms with E-state index >= 15 is 0 Å². The molecule has 110 valence electrons. The van der Waals surface area contributed by atoms with Crippen molar-refractivity contribution in [3.05, 3.63) is 12.7 Å². The maximum Gasteiger partial charge on any atom is 0.152 e. The zero-order valence-corrected chi connectivity index (χ0v) is 13.9. The Labute approximate surface area is 119 Å². The predicted octanol–water partition coefficient (Wildman–Crippen LogP) is 4.65. The molecule has 0 aromatic carbocycles. The first kappa shape index (κ1) is 16.6. The van der Waals surface area contributed by atoms with Crippen molar-refractivity contribution in [2.75, 3.05) is 18.5 Å². The van der Waals surface area contributed by atoms with E-state index in [0.29, 0.717) is 0 Å². The Morgan fingerprint density at radius 1 is 0.895 bits per heavy atom. The van der Waals surface area contributed by atoms with Crippen molar-refractivity contribution in [3.63, 3.8) is 0 Å². The molecular weight excluding hydrogens is 253 g/mol. The SMILES string of the molecule is CCCC[P+](CCCC)(CCCC)Cn1cncn1. The average Bonchev–Trinajstić information content (AvgIpc) is 2.93. The maximum absolute atomic E-state index is 4.36. The number of unbranched alkanes of at least 4 members (excludes halogenated alkanes) is 3. The highest BCUT2D eigenvalue weighted by atomic mass is 31.2. The van der Waals surface area contributed by atoms with E-state index in [1.54, 1.807) is 6.33 Å². The molecule has 0 aliphatic rings. The Bertz CT molecular complexity index is 289. The van der Waals surface area contributed by atoms with Crippen molar-refractivity contribution in [3.8, 4) is 0 Å². The van der Waals surface area contributed by atoms with E-state index in [-0.39, 0.29) is 0 Å². The molecule has 0 unspecified atom stereocenters. The first-order valence-corrected chi connectivity index (χ1v) is 10.5.